The van der Waals surface area contributed by atoms with Crippen LogP contribution in [-0.2, 0) is 10.8 Å². The lowest BCUT2D eigenvalue weighted by molar-refractivity contribution is 0.397. The molecule has 0 spiro atoms. The van der Waals surface area contributed by atoms with Gasteiger partial charge in [-0.3, -0.25) is 0 Å². The van der Waals surface area contributed by atoms with Crippen LogP contribution >= 0.6 is 0 Å². The van der Waals surface area contributed by atoms with Crippen molar-refractivity contribution in [2.75, 3.05) is 7.11 Å². The average Bonchev–Trinajstić information content (AvgIpc) is 2.27. The zero-order valence-electron chi connectivity index (χ0n) is 11.6. The molecule has 1 rings (SSSR count). The van der Waals surface area contributed by atoms with E-state index >= 15 is 0 Å². The Morgan fingerprint density at radius 2 is 1.71 bits per heavy atom. The highest BCUT2D eigenvalue weighted by molar-refractivity contribution is 5.45. The fraction of sp³-hybridized carbons (Fsp3) is 0.533. The van der Waals surface area contributed by atoms with Crippen LogP contribution < -0.4 is 4.74 Å². The fourth-order valence-corrected chi connectivity index (χ4v) is 1.75. The van der Waals surface area contributed by atoms with Gasteiger partial charge in [-0.05, 0) is 42.5 Å². The molecule has 1 aromatic carbocycles. The minimum Gasteiger partial charge on any atom is -0.496 e. The normalized spacial score (nSPS) is 12.1. The van der Waals surface area contributed by atoms with Crippen molar-refractivity contribution in [2.24, 2.45) is 0 Å². The summed E-state index contributed by atoms with van der Waals surface area (Å²) >= 11 is 0. The molecule has 0 aliphatic carbocycles. The summed E-state index contributed by atoms with van der Waals surface area (Å²) in [6.07, 6.45) is 0. The minimum atomic E-state index is -0.466. The molecule has 0 atom stereocenters. The van der Waals surface area contributed by atoms with E-state index in [2.05, 4.69) is 32.9 Å². The van der Waals surface area contributed by atoms with Crippen LogP contribution in [0.15, 0.2) is 18.2 Å². The van der Waals surface area contributed by atoms with Crippen LogP contribution in [-0.4, -0.2) is 7.11 Å². The molecule has 0 saturated carbocycles. The molecule has 0 radical (unpaired) electrons. The van der Waals surface area contributed by atoms with Gasteiger partial charge in [0, 0.05) is 0 Å². The maximum absolute atomic E-state index is 9.19. The monoisotopic (exact) mass is 231 g/mol. The smallest absolute Gasteiger partial charge is 0.122 e. The van der Waals surface area contributed by atoms with Crippen LogP contribution in [0.4, 0.5) is 0 Å². The minimum absolute atomic E-state index is 0.00683. The molecule has 0 aromatic heterocycles. The summed E-state index contributed by atoms with van der Waals surface area (Å²) < 4.78 is 5.39. The van der Waals surface area contributed by atoms with E-state index in [1.807, 2.05) is 26.0 Å². The molecule has 92 valence electrons. The van der Waals surface area contributed by atoms with Gasteiger partial charge in [-0.25, -0.2) is 0 Å². The lowest BCUT2D eigenvalue weighted by Gasteiger charge is -2.25. The van der Waals surface area contributed by atoms with Gasteiger partial charge in [0.15, 0.2) is 0 Å². The van der Waals surface area contributed by atoms with Gasteiger partial charge >= 0.3 is 0 Å². The maximum Gasteiger partial charge on any atom is 0.122 e. The molecule has 0 bridgehead atoms. The summed E-state index contributed by atoms with van der Waals surface area (Å²) in [6, 6.07) is 8.34. The Hall–Kier alpha value is -1.49. The predicted octanol–water partition coefficient (Wildman–Crippen LogP) is 3.79. The van der Waals surface area contributed by atoms with Gasteiger partial charge in [0.2, 0.25) is 0 Å². The molecular weight excluding hydrogens is 210 g/mol. The van der Waals surface area contributed by atoms with Gasteiger partial charge in [-0.2, -0.15) is 5.26 Å². The quantitative estimate of drug-likeness (QED) is 0.775. The Morgan fingerprint density at radius 3 is 2.12 bits per heavy atom. The third kappa shape index (κ3) is 2.79. The number of hydrogen-bond donors (Lipinski definition) is 0. The summed E-state index contributed by atoms with van der Waals surface area (Å²) in [5.41, 5.74) is 1.71. The lowest BCUT2D eigenvalue weighted by atomic mass is 9.80. The highest BCUT2D eigenvalue weighted by Gasteiger charge is 2.25. The lowest BCUT2D eigenvalue weighted by Crippen LogP contribution is -2.18. The molecule has 1 aromatic rings. The zero-order chi connectivity index (χ0) is 13.3. The van der Waals surface area contributed by atoms with Gasteiger partial charge in [0.25, 0.3) is 0 Å². The Labute approximate surface area is 104 Å². The fourth-order valence-electron chi connectivity index (χ4n) is 1.75. The first-order chi connectivity index (χ1) is 7.72. The van der Waals surface area contributed by atoms with E-state index in [4.69, 9.17) is 4.74 Å². The third-order valence-electron chi connectivity index (χ3n) is 3.01. The Morgan fingerprint density at radius 1 is 1.12 bits per heavy atom. The van der Waals surface area contributed by atoms with Crippen molar-refractivity contribution in [3.63, 3.8) is 0 Å². The van der Waals surface area contributed by atoms with Gasteiger partial charge in [0.1, 0.15) is 5.75 Å². The van der Waals surface area contributed by atoms with E-state index in [9.17, 15) is 5.26 Å². The standard InChI is InChI=1S/C15H21NO/c1-14(2,3)12-9-11(15(4,5)10-16)7-8-13(12)17-6/h7-9H,1-6H3. The van der Waals surface area contributed by atoms with Gasteiger partial charge in [-0.1, -0.05) is 26.8 Å². The molecule has 0 fully saturated rings. The molecule has 0 N–H and O–H groups in total. The summed E-state index contributed by atoms with van der Waals surface area (Å²) in [6.45, 7) is 10.3. The highest BCUT2D eigenvalue weighted by atomic mass is 16.5. The number of methoxy groups -OCH3 is 1. The van der Waals surface area contributed by atoms with Crippen LogP contribution in [0.3, 0.4) is 0 Å². The molecule has 0 heterocycles. The van der Waals surface area contributed by atoms with E-state index in [0.29, 0.717) is 0 Å². The molecule has 0 saturated heterocycles. The van der Waals surface area contributed by atoms with Gasteiger partial charge < -0.3 is 4.74 Å². The molecule has 2 heteroatoms. The van der Waals surface area contributed by atoms with Crippen molar-refractivity contribution in [3.8, 4) is 11.8 Å². The van der Waals surface area contributed by atoms with E-state index < -0.39 is 5.41 Å². The van der Waals surface area contributed by atoms with E-state index in [1.54, 1.807) is 7.11 Å². The number of ether oxygens (including phenoxy) is 1. The summed E-state index contributed by atoms with van der Waals surface area (Å²) in [4.78, 5) is 0. The van der Waals surface area contributed by atoms with Crippen LogP contribution in [0.25, 0.3) is 0 Å². The van der Waals surface area contributed by atoms with Crippen molar-refractivity contribution >= 4 is 0 Å². The first-order valence-corrected chi connectivity index (χ1v) is 5.82. The van der Waals surface area contributed by atoms with Crippen molar-refractivity contribution in [2.45, 2.75) is 45.4 Å². The summed E-state index contributed by atoms with van der Waals surface area (Å²) in [5.74, 6) is 0.884. The zero-order valence-corrected chi connectivity index (χ0v) is 11.6. The third-order valence-corrected chi connectivity index (χ3v) is 3.01. The Bertz CT molecular complexity index is 447. The maximum atomic E-state index is 9.19. The van der Waals surface area contributed by atoms with E-state index in [0.717, 1.165) is 16.9 Å². The summed E-state index contributed by atoms with van der Waals surface area (Å²) in [5, 5.41) is 9.19. The molecule has 0 amide bonds. The Kier molecular flexibility index (Phi) is 3.52. The second-order valence-electron chi connectivity index (χ2n) is 5.90. The van der Waals surface area contributed by atoms with Crippen LogP contribution in [0, 0.1) is 11.3 Å². The van der Waals surface area contributed by atoms with Crippen molar-refractivity contribution in [1.29, 1.82) is 5.26 Å². The van der Waals surface area contributed by atoms with Crippen molar-refractivity contribution < 1.29 is 4.74 Å². The number of rotatable bonds is 2. The number of nitrogens with zero attached hydrogens (tertiary/aromatic N) is 1. The largest absolute Gasteiger partial charge is 0.496 e. The topological polar surface area (TPSA) is 33.0 Å². The molecule has 0 aliphatic heterocycles. The number of hydrogen-bond acceptors (Lipinski definition) is 2. The second-order valence-corrected chi connectivity index (χ2v) is 5.90. The summed E-state index contributed by atoms with van der Waals surface area (Å²) in [7, 11) is 1.68. The van der Waals surface area contributed by atoms with Crippen molar-refractivity contribution in [3.05, 3.63) is 29.3 Å². The first-order valence-electron chi connectivity index (χ1n) is 5.82. The van der Waals surface area contributed by atoms with Crippen LogP contribution in [0.1, 0.15) is 45.7 Å². The SMILES string of the molecule is COc1ccc(C(C)(C)C#N)cc1C(C)(C)C. The van der Waals surface area contributed by atoms with Crippen LogP contribution in [0.5, 0.6) is 5.75 Å². The van der Waals surface area contributed by atoms with Gasteiger partial charge in [0.05, 0.1) is 18.6 Å². The molecule has 17 heavy (non-hydrogen) atoms. The average molecular weight is 231 g/mol. The molecular formula is C15H21NO. The Balaban J connectivity index is 3.39. The molecule has 0 aliphatic rings. The first kappa shape index (κ1) is 13.6. The number of nitriles is 1. The van der Waals surface area contributed by atoms with E-state index in [1.165, 1.54) is 0 Å². The van der Waals surface area contributed by atoms with E-state index in [-0.39, 0.29) is 5.41 Å². The highest BCUT2D eigenvalue weighted by Crippen LogP contribution is 2.35. The number of benzene rings is 1. The molecule has 2 nitrogen and oxygen atoms in total. The molecule has 0 unspecified atom stereocenters. The van der Waals surface area contributed by atoms with Gasteiger partial charge in [-0.15, -0.1) is 0 Å². The second kappa shape index (κ2) is 4.41. The van der Waals surface area contributed by atoms with Crippen molar-refractivity contribution in [1.82, 2.24) is 0 Å². The predicted molar refractivity (Wildman–Crippen MR) is 70.3 cm³/mol. The van der Waals surface area contributed by atoms with Crippen LogP contribution in [0.2, 0.25) is 0 Å².